The molecule has 0 amide bonds. The van der Waals surface area contributed by atoms with E-state index in [-0.39, 0.29) is 12.0 Å². The molecule has 2 heterocycles. The molecule has 2 aromatic carbocycles. The molecule has 0 aliphatic carbocycles. The summed E-state index contributed by atoms with van der Waals surface area (Å²) in [5.74, 6) is 1.24. The van der Waals surface area contributed by atoms with E-state index < -0.39 is 0 Å². The monoisotopic (exact) mass is 420 g/mol. The molecule has 1 fully saturated rings. The lowest BCUT2D eigenvalue weighted by molar-refractivity contribution is 0.0596. The molecular weight excluding hydrogens is 392 g/mol. The predicted molar refractivity (Wildman–Crippen MR) is 120 cm³/mol. The third-order valence-electron chi connectivity index (χ3n) is 6.13. The molecule has 6 nitrogen and oxygen atoms in total. The van der Waals surface area contributed by atoms with E-state index in [0.29, 0.717) is 12.1 Å². The van der Waals surface area contributed by atoms with Gasteiger partial charge in [-0.3, -0.25) is 9.88 Å². The Balaban J connectivity index is 1.74. The van der Waals surface area contributed by atoms with Crippen molar-refractivity contribution in [3.05, 3.63) is 64.8 Å². The largest absolute Gasteiger partial charge is 0.497 e. The van der Waals surface area contributed by atoms with Crippen molar-refractivity contribution in [2.75, 3.05) is 27.9 Å². The van der Waals surface area contributed by atoms with E-state index in [1.807, 2.05) is 43.3 Å². The number of rotatable bonds is 6. The van der Waals surface area contributed by atoms with Crippen molar-refractivity contribution < 1.29 is 19.0 Å². The first-order valence-corrected chi connectivity index (χ1v) is 10.5. The van der Waals surface area contributed by atoms with Crippen LogP contribution in [0.25, 0.3) is 10.9 Å². The van der Waals surface area contributed by atoms with Crippen LogP contribution in [-0.2, 0) is 11.3 Å². The fourth-order valence-electron chi connectivity index (χ4n) is 4.58. The first kappa shape index (κ1) is 21.1. The normalized spacial score (nSPS) is 16.5. The molecular formula is C25H28N2O4. The van der Waals surface area contributed by atoms with E-state index in [2.05, 4.69) is 11.0 Å². The minimum Gasteiger partial charge on any atom is -0.497 e. The highest BCUT2D eigenvalue weighted by Gasteiger charge is 2.31. The number of hydrogen-bond acceptors (Lipinski definition) is 6. The average Bonchev–Trinajstić information content (AvgIpc) is 3.26. The Hall–Kier alpha value is -3.12. The summed E-state index contributed by atoms with van der Waals surface area (Å²) < 4.78 is 16.1. The van der Waals surface area contributed by atoms with Gasteiger partial charge < -0.3 is 14.2 Å². The van der Waals surface area contributed by atoms with E-state index in [4.69, 9.17) is 19.2 Å². The molecule has 162 valence electrons. The van der Waals surface area contributed by atoms with Crippen molar-refractivity contribution >= 4 is 16.9 Å². The van der Waals surface area contributed by atoms with Crippen molar-refractivity contribution in [1.82, 2.24) is 9.88 Å². The molecule has 0 radical (unpaired) electrons. The SMILES string of the molecule is COC(=O)c1c(CN2CCC[C@@H]2c2ccc(OC)cc2OC)nc2ccccc2c1C. The van der Waals surface area contributed by atoms with E-state index >= 15 is 0 Å². The van der Waals surface area contributed by atoms with Gasteiger partial charge in [-0.25, -0.2) is 4.79 Å². The lowest BCUT2D eigenvalue weighted by Gasteiger charge is -2.27. The molecule has 0 unspecified atom stereocenters. The van der Waals surface area contributed by atoms with Crippen LogP contribution in [0.3, 0.4) is 0 Å². The molecule has 1 atom stereocenters. The van der Waals surface area contributed by atoms with Gasteiger partial charge in [0.05, 0.1) is 38.1 Å². The van der Waals surface area contributed by atoms with Gasteiger partial charge in [0.15, 0.2) is 0 Å². The van der Waals surface area contributed by atoms with Crippen LogP contribution in [0.4, 0.5) is 0 Å². The van der Waals surface area contributed by atoms with Gasteiger partial charge in [0.1, 0.15) is 11.5 Å². The Labute approximate surface area is 182 Å². The lowest BCUT2D eigenvalue weighted by atomic mass is 10.00. The van der Waals surface area contributed by atoms with Crippen LogP contribution in [0.1, 0.15) is 46.1 Å². The molecule has 6 heteroatoms. The Morgan fingerprint density at radius 2 is 1.94 bits per heavy atom. The number of fused-ring (bicyclic) bond motifs is 1. The number of pyridine rings is 1. The number of para-hydroxylation sites is 1. The van der Waals surface area contributed by atoms with Crippen LogP contribution in [-0.4, -0.2) is 43.7 Å². The number of likely N-dealkylation sites (tertiary alicyclic amines) is 1. The molecule has 31 heavy (non-hydrogen) atoms. The Morgan fingerprint density at radius 1 is 1.13 bits per heavy atom. The van der Waals surface area contributed by atoms with Crippen LogP contribution >= 0.6 is 0 Å². The number of aromatic nitrogens is 1. The predicted octanol–water partition coefficient (Wildman–Crippen LogP) is 4.68. The molecule has 1 aromatic heterocycles. The topological polar surface area (TPSA) is 60.9 Å². The second-order valence-corrected chi connectivity index (χ2v) is 7.80. The summed E-state index contributed by atoms with van der Waals surface area (Å²) in [6.07, 6.45) is 2.09. The van der Waals surface area contributed by atoms with E-state index in [9.17, 15) is 4.79 Å². The van der Waals surface area contributed by atoms with Crippen molar-refractivity contribution in [2.45, 2.75) is 32.4 Å². The van der Waals surface area contributed by atoms with Crippen molar-refractivity contribution in [3.8, 4) is 11.5 Å². The summed E-state index contributed by atoms with van der Waals surface area (Å²) in [5, 5.41) is 0.974. The second kappa shape index (κ2) is 8.94. The maximum atomic E-state index is 12.7. The van der Waals surface area contributed by atoms with Crippen LogP contribution < -0.4 is 9.47 Å². The molecule has 1 saturated heterocycles. The van der Waals surface area contributed by atoms with Gasteiger partial charge in [-0.05, 0) is 44.0 Å². The number of carbonyl (C=O) groups excluding carboxylic acids is 1. The number of nitrogens with zero attached hydrogens (tertiary/aromatic N) is 2. The van der Waals surface area contributed by atoms with Crippen LogP contribution in [0, 0.1) is 6.92 Å². The molecule has 4 rings (SSSR count). The molecule has 1 aliphatic rings. The maximum Gasteiger partial charge on any atom is 0.340 e. The quantitative estimate of drug-likeness (QED) is 0.540. The molecule has 0 saturated carbocycles. The number of ether oxygens (including phenoxy) is 3. The molecule has 0 spiro atoms. The van der Waals surface area contributed by atoms with Gasteiger partial charge >= 0.3 is 5.97 Å². The number of carbonyl (C=O) groups is 1. The summed E-state index contributed by atoms with van der Waals surface area (Å²) >= 11 is 0. The summed E-state index contributed by atoms with van der Waals surface area (Å²) in [4.78, 5) is 19.9. The molecule has 0 N–H and O–H groups in total. The summed E-state index contributed by atoms with van der Waals surface area (Å²) in [6.45, 7) is 3.46. The molecule has 1 aliphatic heterocycles. The first-order chi connectivity index (χ1) is 15.1. The van der Waals surface area contributed by atoms with Crippen LogP contribution in [0.2, 0.25) is 0 Å². The standard InChI is InChI=1S/C25H28N2O4/c1-16-18-8-5-6-9-20(18)26-21(24(16)25(28)31-4)15-27-13-7-10-22(27)19-12-11-17(29-2)14-23(19)30-3/h5-6,8-9,11-12,14,22H,7,10,13,15H2,1-4H3/t22-/m1/s1. The summed E-state index contributed by atoms with van der Waals surface area (Å²) in [7, 11) is 4.75. The zero-order valence-corrected chi connectivity index (χ0v) is 18.5. The lowest BCUT2D eigenvalue weighted by Crippen LogP contribution is -2.25. The minimum atomic E-state index is -0.344. The highest BCUT2D eigenvalue weighted by Crippen LogP contribution is 2.40. The number of esters is 1. The van der Waals surface area contributed by atoms with Gasteiger partial charge in [0, 0.05) is 29.6 Å². The zero-order chi connectivity index (χ0) is 22.0. The summed E-state index contributed by atoms with van der Waals surface area (Å²) in [5.41, 5.74) is 4.24. The number of methoxy groups -OCH3 is 3. The van der Waals surface area contributed by atoms with Gasteiger partial charge in [-0.2, -0.15) is 0 Å². The van der Waals surface area contributed by atoms with Gasteiger partial charge in [-0.15, -0.1) is 0 Å². The first-order valence-electron chi connectivity index (χ1n) is 10.5. The Morgan fingerprint density at radius 3 is 2.68 bits per heavy atom. The number of hydrogen-bond donors (Lipinski definition) is 0. The van der Waals surface area contributed by atoms with Gasteiger partial charge in [0.25, 0.3) is 0 Å². The smallest absolute Gasteiger partial charge is 0.340 e. The third-order valence-corrected chi connectivity index (χ3v) is 6.13. The zero-order valence-electron chi connectivity index (χ0n) is 18.5. The minimum absolute atomic E-state index is 0.180. The molecule has 3 aromatic rings. The second-order valence-electron chi connectivity index (χ2n) is 7.80. The number of benzene rings is 2. The van der Waals surface area contributed by atoms with E-state index in [0.717, 1.165) is 58.6 Å². The fraction of sp³-hybridized carbons (Fsp3) is 0.360. The third kappa shape index (κ3) is 3.95. The fourth-order valence-corrected chi connectivity index (χ4v) is 4.58. The van der Waals surface area contributed by atoms with Crippen molar-refractivity contribution in [3.63, 3.8) is 0 Å². The highest BCUT2D eigenvalue weighted by molar-refractivity contribution is 5.98. The van der Waals surface area contributed by atoms with E-state index in [1.165, 1.54) is 7.11 Å². The van der Waals surface area contributed by atoms with Gasteiger partial charge in [0.2, 0.25) is 0 Å². The average molecular weight is 421 g/mol. The summed E-state index contributed by atoms with van der Waals surface area (Å²) in [6, 6.07) is 14.1. The Bertz CT molecular complexity index is 1110. The molecule has 0 bridgehead atoms. The van der Waals surface area contributed by atoms with Crippen molar-refractivity contribution in [2.24, 2.45) is 0 Å². The van der Waals surface area contributed by atoms with E-state index in [1.54, 1.807) is 14.2 Å². The highest BCUT2D eigenvalue weighted by atomic mass is 16.5. The van der Waals surface area contributed by atoms with Crippen molar-refractivity contribution in [1.29, 1.82) is 0 Å². The van der Waals surface area contributed by atoms with Gasteiger partial charge in [-0.1, -0.05) is 24.3 Å². The maximum absolute atomic E-state index is 12.7. The Kier molecular flexibility index (Phi) is 6.09. The van der Waals surface area contributed by atoms with Crippen LogP contribution in [0.5, 0.6) is 11.5 Å². The van der Waals surface area contributed by atoms with Crippen LogP contribution in [0.15, 0.2) is 42.5 Å². The number of aryl methyl sites for hydroxylation is 1.